The Kier molecular flexibility index (Phi) is 7.26. The average molecular weight is 532 g/mol. The number of hydrogen-bond acceptors (Lipinski definition) is 8. The molecule has 1 saturated heterocycles. The summed E-state index contributed by atoms with van der Waals surface area (Å²) in [6.07, 6.45) is 3.50. The van der Waals surface area contributed by atoms with Crippen molar-refractivity contribution in [3.05, 3.63) is 76.9 Å². The minimum Gasteiger partial charge on any atom is -0.493 e. The Morgan fingerprint density at radius 3 is 2.66 bits per heavy atom. The Morgan fingerprint density at radius 2 is 1.87 bits per heavy atom. The van der Waals surface area contributed by atoms with Crippen LogP contribution in [0, 0.1) is 0 Å². The lowest BCUT2D eigenvalue weighted by atomic mass is 10.0. The number of anilines is 1. The molecule has 0 bridgehead atoms. The van der Waals surface area contributed by atoms with Crippen molar-refractivity contribution >= 4 is 39.9 Å². The van der Waals surface area contributed by atoms with Crippen molar-refractivity contribution < 1.29 is 19.1 Å². The predicted octanol–water partition coefficient (Wildman–Crippen LogP) is 4.62. The molecule has 0 spiro atoms. The van der Waals surface area contributed by atoms with Crippen molar-refractivity contribution in [2.45, 2.75) is 32.5 Å². The Morgan fingerprint density at radius 1 is 1.03 bits per heavy atom. The number of benzene rings is 2. The van der Waals surface area contributed by atoms with Gasteiger partial charge in [-0.1, -0.05) is 18.2 Å². The fourth-order valence-electron chi connectivity index (χ4n) is 4.48. The second-order valence-electron chi connectivity index (χ2n) is 9.34. The van der Waals surface area contributed by atoms with Gasteiger partial charge in [-0.2, -0.15) is 0 Å². The second kappa shape index (κ2) is 10.8. The highest BCUT2D eigenvalue weighted by Crippen LogP contribution is 2.38. The highest BCUT2D eigenvalue weighted by atomic mass is 32.1. The maximum absolute atomic E-state index is 13.7. The molecule has 0 unspecified atom stereocenters. The third-order valence-electron chi connectivity index (χ3n) is 6.59. The van der Waals surface area contributed by atoms with E-state index in [1.54, 1.807) is 67.8 Å². The van der Waals surface area contributed by atoms with E-state index in [4.69, 9.17) is 9.47 Å². The summed E-state index contributed by atoms with van der Waals surface area (Å²) in [5.41, 5.74) is 1.16. The number of aromatic nitrogens is 2. The van der Waals surface area contributed by atoms with Crippen molar-refractivity contribution in [2.24, 2.45) is 0 Å². The Bertz CT molecular complexity index is 1450. The zero-order chi connectivity index (χ0) is 26.7. The van der Waals surface area contributed by atoms with E-state index in [0.29, 0.717) is 36.9 Å². The van der Waals surface area contributed by atoms with E-state index in [1.165, 1.54) is 4.90 Å². The largest absolute Gasteiger partial charge is 0.493 e. The lowest BCUT2D eigenvalue weighted by Gasteiger charge is -2.28. The third-order valence-corrected chi connectivity index (χ3v) is 7.37. The Labute approximate surface area is 225 Å². The second-order valence-corrected chi connectivity index (χ2v) is 10.3. The number of thiazole rings is 1. The molecule has 2 aromatic carbocycles. The first kappa shape index (κ1) is 25.6. The monoisotopic (exact) mass is 531 g/mol. The quantitative estimate of drug-likeness (QED) is 0.236. The summed E-state index contributed by atoms with van der Waals surface area (Å²) in [4.78, 5) is 38.7. The SMILES string of the molecule is COc1ccc(N2C(=O)N(Cc3ccnc4ccccc34)C(C)(C)C2=O)cc1OCCNCc1nccs1. The molecule has 196 valence electrons. The van der Waals surface area contributed by atoms with Gasteiger partial charge in [-0.15, -0.1) is 11.3 Å². The molecule has 1 aliphatic heterocycles. The summed E-state index contributed by atoms with van der Waals surface area (Å²) in [6.45, 7) is 5.44. The van der Waals surface area contributed by atoms with Crippen LogP contribution in [0.4, 0.5) is 10.5 Å². The molecule has 0 aliphatic carbocycles. The van der Waals surface area contributed by atoms with Crippen molar-refractivity contribution in [3.63, 3.8) is 0 Å². The molecule has 2 aromatic heterocycles. The first-order valence-corrected chi connectivity index (χ1v) is 13.2. The number of rotatable bonds is 10. The fourth-order valence-corrected chi connectivity index (χ4v) is 5.06. The number of hydrogen-bond donors (Lipinski definition) is 1. The first-order valence-electron chi connectivity index (χ1n) is 12.3. The number of para-hydroxylation sites is 1. The van der Waals surface area contributed by atoms with Crippen molar-refractivity contribution in [1.82, 2.24) is 20.2 Å². The molecule has 0 saturated carbocycles. The van der Waals surface area contributed by atoms with Crippen LogP contribution in [-0.2, 0) is 17.9 Å². The van der Waals surface area contributed by atoms with Crippen molar-refractivity contribution in [2.75, 3.05) is 25.2 Å². The van der Waals surface area contributed by atoms with E-state index in [1.807, 2.05) is 35.7 Å². The zero-order valence-electron chi connectivity index (χ0n) is 21.5. The van der Waals surface area contributed by atoms with Crippen molar-refractivity contribution in [1.29, 1.82) is 0 Å². The maximum Gasteiger partial charge on any atom is 0.332 e. The van der Waals surface area contributed by atoms with Crippen LogP contribution in [0.5, 0.6) is 11.5 Å². The number of amides is 3. The number of nitrogens with one attached hydrogen (secondary N) is 1. The van der Waals surface area contributed by atoms with Crippen LogP contribution in [0.1, 0.15) is 24.4 Å². The molecule has 1 N–H and O–H groups in total. The number of carbonyl (C=O) groups is 2. The van der Waals surface area contributed by atoms with Gasteiger partial charge in [0.25, 0.3) is 5.91 Å². The van der Waals surface area contributed by atoms with Gasteiger partial charge in [0.1, 0.15) is 17.2 Å². The third kappa shape index (κ3) is 4.92. The van der Waals surface area contributed by atoms with Crippen LogP contribution in [0.15, 0.2) is 66.3 Å². The van der Waals surface area contributed by atoms with E-state index in [-0.39, 0.29) is 18.5 Å². The molecule has 0 radical (unpaired) electrons. The number of ether oxygens (including phenoxy) is 2. The number of carbonyl (C=O) groups excluding carboxylic acids is 2. The van der Waals surface area contributed by atoms with Gasteiger partial charge in [0.2, 0.25) is 0 Å². The predicted molar refractivity (Wildman–Crippen MR) is 147 cm³/mol. The van der Waals surface area contributed by atoms with Crippen LogP contribution in [0.3, 0.4) is 0 Å². The summed E-state index contributed by atoms with van der Waals surface area (Å²) < 4.78 is 11.4. The number of methoxy groups -OCH3 is 1. The normalized spacial score (nSPS) is 14.9. The smallest absolute Gasteiger partial charge is 0.332 e. The number of pyridine rings is 1. The van der Waals surface area contributed by atoms with E-state index in [9.17, 15) is 9.59 Å². The van der Waals surface area contributed by atoms with Crippen LogP contribution in [0.25, 0.3) is 10.9 Å². The number of fused-ring (bicyclic) bond motifs is 1. The molecule has 4 aromatic rings. The molecular formula is C28H29N5O4S. The molecule has 38 heavy (non-hydrogen) atoms. The van der Waals surface area contributed by atoms with Gasteiger partial charge in [-0.25, -0.2) is 14.7 Å². The summed E-state index contributed by atoms with van der Waals surface area (Å²) in [5, 5.41) is 7.18. The molecule has 3 amide bonds. The van der Waals surface area contributed by atoms with Crippen LogP contribution in [-0.4, -0.2) is 52.6 Å². The summed E-state index contributed by atoms with van der Waals surface area (Å²) in [6, 6.07) is 14.4. The van der Waals surface area contributed by atoms with E-state index in [0.717, 1.165) is 21.5 Å². The highest BCUT2D eigenvalue weighted by Gasteiger charge is 2.52. The fraction of sp³-hybridized carbons (Fsp3) is 0.286. The molecule has 1 fully saturated rings. The zero-order valence-corrected chi connectivity index (χ0v) is 22.3. The molecule has 3 heterocycles. The highest BCUT2D eigenvalue weighted by molar-refractivity contribution is 7.09. The Balaban J connectivity index is 1.34. The van der Waals surface area contributed by atoms with Crippen LogP contribution in [0.2, 0.25) is 0 Å². The molecule has 0 atom stereocenters. The summed E-state index contributed by atoms with van der Waals surface area (Å²) in [7, 11) is 1.55. The maximum atomic E-state index is 13.7. The van der Waals surface area contributed by atoms with E-state index in [2.05, 4.69) is 15.3 Å². The number of urea groups is 1. The first-order chi connectivity index (χ1) is 18.4. The average Bonchev–Trinajstić information content (AvgIpc) is 3.50. The minimum atomic E-state index is -1.04. The van der Waals surface area contributed by atoms with Gasteiger partial charge in [0, 0.05) is 48.9 Å². The van der Waals surface area contributed by atoms with Gasteiger partial charge in [-0.05, 0) is 43.7 Å². The van der Waals surface area contributed by atoms with E-state index < -0.39 is 5.54 Å². The van der Waals surface area contributed by atoms with Gasteiger partial charge < -0.3 is 19.7 Å². The molecule has 1 aliphatic rings. The summed E-state index contributed by atoms with van der Waals surface area (Å²) in [5.74, 6) is 0.673. The van der Waals surface area contributed by atoms with Gasteiger partial charge in [0.15, 0.2) is 11.5 Å². The molecular weight excluding hydrogens is 502 g/mol. The van der Waals surface area contributed by atoms with Crippen molar-refractivity contribution in [3.8, 4) is 11.5 Å². The topological polar surface area (TPSA) is 96.9 Å². The van der Waals surface area contributed by atoms with Gasteiger partial charge in [-0.3, -0.25) is 9.78 Å². The van der Waals surface area contributed by atoms with E-state index >= 15 is 0 Å². The lowest BCUT2D eigenvalue weighted by Crippen LogP contribution is -2.43. The summed E-state index contributed by atoms with van der Waals surface area (Å²) >= 11 is 1.59. The van der Waals surface area contributed by atoms with Gasteiger partial charge >= 0.3 is 6.03 Å². The number of nitrogens with zero attached hydrogens (tertiary/aromatic N) is 4. The van der Waals surface area contributed by atoms with Gasteiger partial charge in [0.05, 0.1) is 18.3 Å². The Hall–Kier alpha value is -4.02. The number of imide groups is 1. The lowest BCUT2D eigenvalue weighted by molar-refractivity contribution is -0.123. The molecule has 10 heteroatoms. The molecule has 5 rings (SSSR count). The van der Waals surface area contributed by atoms with Crippen LogP contribution >= 0.6 is 11.3 Å². The molecule has 9 nitrogen and oxygen atoms in total. The minimum absolute atomic E-state index is 0.279. The standard InChI is InChI=1S/C28H29N5O4S/c1-28(2)26(34)33(27(35)32(28)18-19-10-11-30-22-7-5-4-6-21(19)22)20-8-9-23(36-3)24(16-20)37-14-12-29-17-25-31-13-15-38-25/h4-11,13,15-16,29H,12,14,17-18H2,1-3H3. The van der Waals surface area contributed by atoms with Crippen LogP contribution < -0.4 is 19.7 Å².